The zero-order valence-electron chi connectivity index (χ0n) is 10.9. The molecule has 0 saturated carbocycles. The number of aromatic nitrogens is 2. The molecular formula is C12H22N4O. The molecule has 17 heavy (non-hydrogen) atoms. The van der Waals surface area contributed by atoms with Crippen molar-refractivity contribution in [3.05, 3.63) is 11.7 Å². The topological polar surface area (TPSA) is 68.2 Å². The van der Waals surface area contributed by atoms with Crippen LogP contribution in [0.2, 0.25) is 0 Å². The van der Waals surface area contributed by atoms with Gasteiger partial charge in [0, 0.05) is 18.0 Å². The number of hydrogen-bond donors (Lipinski definition) is 1. The van der Waals surface area contributed by atoms with Crippen LogP contribution in [0.15, 0.2) is 4.52 Å². The third kappa shape index (κ3) is 2.84. The lowest BCUT2D eigenvalue weighted by Gasteiger charge is -2.20. The molecule has 96 valence electrons. The van der Waals surface area contributed by atoms with Crippen LogP contribution in [-0.2, 0) is 12.0 Å². The van der Waals surface area contributed by atoms with Gasteiger partial charge in [-0.3, -0.25) is 4.90 Å². The van der Waals surface area contributed by atoms with E-state index in [2.05, 4.69) is 35.8 Å². The highest BCUT2D eigenvalue weighted by Crippen LogP contribution is 2.22. The maximum atomic E-state index is 5.75. The Morgan fingerprint density at radius 1 is 1.47 bits per heavy atom. The fraction of sp³-hybridized carbons (Fsp3) is 0.833. The predicted octanol–water partition coefficient (Wildman–Crippen LogP) is 1.29. The van der Waals surface area contributed by atoms with Crippen LogP contribution < -0.4 is 5.73 Å². The van der Waals surface area contributed by atoms with Crippen molar-refractivity contribution >= 4 is 0 Å². The van der Waals surface area contributed by atoms with E-state index in [1.165, 1.54) is 12.8 Å². The maximum Gasteiger partial charge on any atom is 0.232 e. The van der Waals surface area contributed by atoms with E-state index in [1.54, 1.807) is 0 Å². The fourth-order valence-corrected chi connectivity index (χ4v) is 2.17. The first-order valence-electron chi connectivity index (χ1n) is 6.28. The number of hydrogen-bond acceptors (Lipinski definition) is 5. The van der Waals surface area contributed by atoms with E-state index < -0.39 is 0 Å². The third-order valence-electron chi connectivity index (χ3n) is 3.23. The fourth-order valence-electron chi connectivity index (χ4n) is 2.17. The van der Waals surface area contributed by atoms with Gasteiger partial charge in [-0.15, -0.1) is 0 Å². The largest absolute Gasteiger partial charge is 0.339 e. The van der Waals surface area contributed by atoms with Gasteiger partial charge in [0.2, 0.25) is 5.89 Å². The Morgan fingerprint density at radius 3 is 2.82 bits per heavy atom. The molecule has 1 aliphatic heterocycles. The molecule has 5 nitrogen and oxygen atoms in total. The Labute approximate surface area is 102 Å². The molecule has 1 saturated heterocycles. The van der Waals surface area contributed by atoms with Crippen molar-refractivity contribution in [2.24, 2.45) is 5.73 Å². The number of nitrogens with zero attached hydrogens (tertiary/aromatic N) is 3. The second kappa shape index (κ2) is 4.74. The average molecular weight is 238 g/mol. The van der Waals surface area contributed by atoms with Crippen molar-refractivity contribution in [3.8, 4) is 0 Å². The molecule has 5 heteroatoms. The van der Waals surface area contributed by atoms with Crippen molar-refractivity contribution < 1.29 is 4.52 Å². The highest BCUT2D eigenvalue weighted by molar-refractivity contribution is 4.98. The summed E-state index contributed by atoms with van der Waals surface area (Å²) in [7, 11) is 0. The Hall–Kier alpha value is -0.940. The van der Waals surface area contributed by atoms with Crippen LogP contribution in [0.25, 0.3) is 0 Å². The normalized spacial score (nSPS) is 22.2. The summed E-state index contributed by atoms with van der Waals surface area (Å²) in [5.41, 5.74) is 5.67. The highest BCUT2D eigenvalue weighted by Gasteiger charge is 2.26. The van der Waals surface area contributed by atoms with Gasteiger partial charge in [0.1, 0.15) is 0 Å². The Bertz CT molecular complexity index is 369. The number of rotatable bonds is 3. The molecule has 1 unspecified atom stereocenters. The predicted molar refractivity (Wildman–Crippen MR) is 65.5 cm³/mol. The lowest BCUT2D eigenvalue weighted by Crippen LogP contribution is -2.35. The van der Waals surface area contributed by atoms with Gasteiger partial charge in [-0.1, -0.05) is 25.9 Å². The van der Waals surface area contributed by atoms with Gasteiger partial charge in [-0.2, -0.15) is 4.98 Å². The highest BCUT2D eigenvalue weighted by atomic mass is 16.5. The number of likely N-dealkylation sites (tertiary alicyclic amines) is 1. The Morgan fingerprint density at radius 2 is 2.24 bits per heavy atom. The van der Waals surface area contributed by atoms with E-state index in [4.69, 9.17) is 10.3 Å². The van der Waals surface area contributed by atoms with Crippen molar-refractivity contribution in [1.82, 2.24) is 15.0 Å². The summed E-state index contributed by atoms with van der Waals surface area (Å²) in [6, 6.07) is 0.478. The molecule has 0 aromatic carbocycles. The summed E-state index contributed by atoms with van der Waals surface area (Å²) in [6.45, 7) is 8.77. The molecule has 1 aliphatic rings. The average Bonchev–Trinajstić information content (AvgIpc) is 2.86. The van der Waals surface area contributed by atoms with E-state index in [0.717, 1.165) is 18.9 Å². The smallest absolute Gasteiger partial charge is 0.232 e. The number of nitrogens with two attached hydrogens (primary N) is 1. The molecule has 1 atom stereocenters. The van der Waals surface area contributed by atoms with Crippen molar-refractivity contribution in [1.29, 1.82) is 0 Å². The zero-order valence-corrected chi connectivity index (χ0v) is 10.9. The molecule has 0 amide bonds. The summed E-state index contributed by atoms with van der Waals surface area (Å²) in [4.78, 5) is 6.80. The van der Waals surface area contributed by atoms with E-state index in [9.17, 15) is 0 Å². The lowest BCUT2D eigenvalue weighted by atomic mass is 9.97. The van der Waals surface area contributed by atoms with Gasteiger partial charge in [-0.25, -0.2) is 0 Å². The molecule has 1 aromatic rings. The SMILES string of the molecule is CC(C)(C)c1nc(CN2CCCC2CN)no1. The van der Waals surface area contributed by atoms with Gasteiger partial charge < -0.3 is 10.3 Å². The summed E-state index contributed by atoms with van der Waals surface area (Å²) in [6.07, 6.45) is 2.40. The lowest BCUT2D eigenvalue weighted by molar-refractivity contribution is 0.239. The first kappa shape index (κ1) is 12.5. The van der Waals surface area contributed by atoms with Gasteiger partial charge in [0.05, 0.1) is 6.54 Å². The maximum absolute atomic E-state index is 5.75. The van der Waals surface area contributed by atoms with Crippen molar-refractivity contribution in [2.45, 2.75) is 51.6 Å². The summed E-state index contributed by atoms with van der Waals surface area (Å²) in [5.74, 6) is 1.48. The van der Waals surface area contributed by atoms with Gasteiger partial charge in [0.15, 0.2) is 5.82 Å². The molecule has 1 fully saturated rings. The minimum absolute atomic E-state index is 0.0798. The molecule has 2 rings (SSSR count). The van der Waals surface area contributed by atoms with Gasteiger partial charge in [0.25, 0.3) is 0 Å². The molecular weight excluding hydrogens is 216 g/mol. The van der Waals surface area contributed by atoms with Gasteiger partial charge in [-0.05, 0) is 19.4 Å². The Kier molecular flexibility index (Phi) is 3.49. The molecule has 2 N–H and O–H groups in total. The molecule has 0 radical (unpaired) electrons. The monoisotopic (exact) mass is 238 g/mol. The van der Waals surface area contributed by atoms with E-state index >= 15 is 0 Å². The molecule has 0 aliphatic carbocycles. The summed E-state index contributed by atoms with van der Waals surface area (Å²) >= 11 is 0. The quantitative estimate of drug-likeness (QED) is 0.859. The second-order valence-electron chi connectivity index (χ2n) is 5.77. The third-order valence-corrected chi connectivity index (χ3v) is 3.23. The summed E-state index contributed by atoms with van der Waals surface area (Å²) in [5, 5.41) is 4.05. The van der Waals surface area contributed by atoms with Crippen LogP contribution in [0.5, 0.6) is 0 Å². The standard InChI is InChI=1S/C12H22N4O/c1-12(2,3)11-14-10(15-17-11)8-16-6-4-5-9(16)7-13/h9H,4-8,13H2,1-3H3. The van der Waals surface area contributed by atoms with Crippen LogP contribution in [-0.4, -0.2) is 34.2 Å². The van der Waals surface area contributed by atoms with Crippen LogP contribution in [0.1, 0.15) is 45.3 Å². The summed E-state index contributed by atoms with van der Waals surface area (Å²) < 4.78 is 5.29. The van der Waals surface area contributed by atoms with E-state index in [0.29, 0.717) is 18.5 Å². The van der Waals surface area contributed by atoms with Gasteiger partial charge >= 0.3 is 0 Å². The minimum Gasteiger partial charge on any atom is -0.339 e. The molecule has 0 spiro atoms. The first-order chi connectivity index (χ1) is 8.00. The Balaban J connectivity index is 2.02. The molecule has 2 heterocycles. The van der Waals surface area contributed by atoms with Crippen LogP contribution in [0.3, 0.4) is 0 Å². The van der Waals surface area contributed by atoms with Crippen LogP contribution in [0, 0.1) is 0 Å². The second-order valence-corrected chi connectivity index (χ2v) is 5.77. The zero-order chi connectivity index (χ0) is 12.5. The minimum atomic E-state index is -0.0798. The first-order valence-corrected chi connectivity index (χ1v) is 6.28. The van der Waals surface area contributed by atoms with E-state index in [-0.39, 0.29) is 5.41 Å². The van der Waals surface area contributed by atoms with Crippen LogP contribution >= 0.6 is 0 Å². The molecule has 0 bridgehead atoms. The van der Waals surface area contributed by atoms with E-state index in [1.807, 2.05) is 0 Å². The van der Waals surface area contributed by atoms with Crippen molar-refractivity contribution in [3.63, 3.8) is 0 Å². The van der Waals surface area contributed by atoms with Crippen LogP contribution in [0.4, 0.5) is 0 Å². The van der Waals surface area contributed by atoms with Crippen molar-refractivity contribution in [2.75, 3.05) is 13.1 Å². The molecule has 1 aromatic heterocycles.